The Hall–Kier alpha value is -3.62. The molecule has 8 nitrogen and oxygen atoms in total. The van der Waals surface area contributed by atoms with Crippen molar-refractivity contribution in [3.05, 3.63) is 72.1 Å². The number of hydrogen-bond acceptors (Lipinski definition) is 6. The van der Waals surface area contributed by atoms with Crippen molar-refractivity contribution < 1.29 is 19.4 Å². The molecule has 8 heteroatoms. The monoisotopic (exact) mass is 406 g/mol. The highest BCUT2D eigenvalue weighted by atomic mass is 17.2. The Morgan fingerprint density at radius 1 is 0.733 bits per heavy atom. The second-order valence-corrected chi connectivity index (χ2v) is 7.14. The van der Waals surface area contributed by atoms with E-state index in [1.54, 1.807) is 12.4 Å². The molecule has 0 saturated heterocycles. The van der Waals surface area contributed by atoms with Gasteiger partial charge in [-0.25, -0.2) is 19.4 Å². The summed E-state index contributed by atoms with van der Waals surface area (Å²) in [7, 11) is 0. The lowest BCUT2D eigenvalue weighted by Crippen LogP contribution is -2.38. The maximum atomic E-state index is 12.1. The molecule has 0 aliphatic carbocycles. The van der Waals surface area contributed by atoms with Crippen molar-refractivity contribution in [1.82, 2.24) is 9.97 Å². The third kappa shape index (κ3) is 4.05. The van der Waals surface area contributed by atoms with Crippen molar-refractivity contribution in [2.45, 2.75) is 24.9 Å². The van der Waals surface area contributed by atoms with E-state index in [-0.39, 0.29) is 12.8 Å². The van der Waals surface area contributed by atoms with Crippen LogP contribution < -0.4 is 11.5 Å². The number of carbonyl (C=O) groups excluding carboxylic acids is 2. The van der Waals surface area contributed by atoms with Gasteiger partial charge in [-0.3, -0.25) is 0 Å². The van der Waals surface area contributed by atoms with Gasteiger partial charge in [0, 0.05) is 47.0 Å². The van der Waals surface area contributed by atoms with E-state index in [0.29, 0.717) is 0 Å². The maximum absolute atomic E-state index is 12.1. The van der Waals surface area contributed by atoms with Crippen LogP contribution in [0.4, 0.5) is 0 Å². The minimum Gasteiger partial charge on any atom is -0.361 e. The minimum absolute atomic E-state index is 0.238. The fourth-order valence-corrected chi connectivity index (χ4v) is 3.45. The van der Waals surface area contributed by atoms with Crippen molar-refractivity contribution in [3.8, 4) is 0 Å². The molecule has 0 spiro atoms. The lowest BCUT2D eigenvalue weighted by atomic mass is 10.1. The molecule has 2 aromatic heterocycles. The first-order valence-electron chi connectivity index (χ1n) is 9.56. The number of rotatable bonds is 6. The van der Waals surface area contributed by atoms with Gasteiger partial charge >= 0.3 is 11.9 Å². The molecule has 0 saturated carbocycles. The molecular formula is C22H22N4O4. The molecular weight excluding hydrogens is 384 g/mol. The molecule has 0 amide bonds. The number of hydrogen-bond donors (Lipinski definition) is 4. The van der Waals surface area contributed by atoms with Gasteiger partial charge in [0.2, 0.25) is 0 Å². The SMILES string of the molecule is N[C@@H](Cc1c[nH]c2ccccc12)C(=O)OOC(=O)[C@@H](N)Cc1c[nH]c2ccccc12. The largest absolute Gasteiger partial charge is 0.372 e. The van der Waals surface area contributed by atoms with Crippen LogP contribution in [0.15, 0.2) is 60.9 Å². The second kappa shape index (κ2) is 8.40. The summed E-state index contributed by atoms with van der Waals surface area (Å²) < 4.78 is 0. The molecule has 4 aromatic rings. The van der Waals surface area contributed by atoms with Gasteiger partial charge in [-0.2, -0.15) is 0 Å². The smallest absolute Gasteiger partial charge is 0.361 e. The highest BCUT2D eigenvalue weighted by molar-refractivity contribution is 5.86. The first-order chi connectivity index (χ1) is 14.5. The molecule has 0 aliphatic heterocycles. The summed E-state index contributed by atoms with van der Waals surface area (Å²) in [6, 6.07) is 13.4. The minimum atomic E-state index is -0.984. The van der Waals surface area contributed by atoms with Crippen LogP contribution in [0.5, 0.6) is 0 Å². The summed E-state index contributed by atoms with van der Waals surface area (Å²) in [6.07, 6.45) is 4.06. The third-order valence-electron chi connectivity index (χ3n) is 5.04. The maximum Gasteiger partial charge on any atom is 0.372 e. The number of H-pyrrole nitrogens is 2. The van der Waals surface area contributed by atoms with Gasteiger partial charge < -0.3 is 21.4 Å². The Morgan fingerprint density at radius 2 is 1.13 bits per heavy atom. The predicted molar refractivity (Wildman–Crippen MR) is 112 cm³/mol. The fourth-order valence-electron chi connectivity index (χ4n) is 3.45. The highest BCUT2D eigenvalue weighted by Crippen LogP contribution is 2.20. The standard InChI is InChI=1S/C22H22N4O4/c23-17(9-13-11-25-19-7-3-1-5-15(13)19)21(27)29-30-22(28)18(24)10-14-12-26-20-8-4-2-6-16(14)20/h1-8,11-12,17-18,25-26H,9-10,23-24H2/t17-,18-/m0/s1. The Labute approximate surface area is 172 Å². The fraction of sp³-hybridized carbons (Fsp3) is 0.182. The summed E-state index contributed by atoms with van der Waals surface area (Å²) in [6.45, 7) is 0. The van der Waals surface area contributed by atoms with Crippen molar-refractivity contribution in [2.75, 3.05) is 0 Å². The van der Waals surface area contributed by atoms with Gasteiger partial charge in [-0.15, -0.1) is 0 Å². The van der Waals surface area contributed by atoms with E-state index in [9.17, 15) is 9.59 Å². The number of fused-ring (bicyclic) bond motifs is 2. The molecule has 30 heavy (non-hydrogen) atoms. The van der Waals surface area contributed by atoms with E-state index in [1.807, 2.05) is 48.5 Å². The summed E-state index contributed by atoms with van der Waals surface area (Å²) in [5, 5.41) is 1.94. The molecule has 4 rings (SSSR count). The number of benzene rings is 2. The van der Waals surface area contributed by atoms with E-state index >= 15 is 0 Å². The van der Waals surface area contributed by atoms with Crippen molar-refractivity contribution >= 4 is 33.7 Å². The average molecular weight is 406 g/mol. The zero-order valence-corrected chi connectivity index (χ0v) is 16.1. The topological polar surface area (TPSA) is 136 Å². The van der Waals surface area contributed by atoms with E-state index in [2.05, 4.69) is 19.7 Å². The first kappa shape index (κ1) is 19.7. The third-order valence-corrected chi connectivity index (χ3v) is 5.04. The lowest BCUT2D eigenvalue weighted by molar-refractivity contribution is -0.260. The van der Waals surface area contributed by atoms with Crippen LogP contribution in [-0.2, 0) is 32.2 Å². The highest BCUT2D eigenvalue weighted by Gasteiger charge is 2.24. The van der Waals surface area contributed by atoms with Crippen LogP contribution in [0.1, 0.15) is 11.1 Å². The zero-order chi connectivity index (χ0) is 21.1. The lowest BCUT2D eigenvalue weighted by Gasteiger charge is -2.12. The van der Waals surface area contributed by atoms with E-state index in [0.717, 1.165) is 32.9 Å². The summed E-state index contributed by atoms with van der Waals surface area (Å²) in [5.74, 6) is -1.68. The van der Waals surface area contributed by atoms with E-state index in [4.69, 9.17) is 11.5 Å². The Bertz CT molecular complexity index is 1100. The number of nitrogens with one attached hydrogen (secondary N) is 2. The summed E-state index contributed by atoms with van der Waals surface area (Å²) in [4.78, 5) is 39.8. The van der Waals surface area contributed by atoms with E-state index in [1.165, 1.54) is 0 Å². The zero-order valence-electron chi connectivity index (χ0n) is 16.1. The molecule has 0 fully saturated rings. The van der Waals surface area contributed by atoms with Crippen LogP contribution in [-0.4, -0.2) is 34.0 Å². The Morgan fingerprint density at radius 3 is 1.57 bits per heavy atom. The van der Waals surface area contributed by atoms with Gasteiger partial charge in [-0.05, 0) is 23.3 Å². The molecule has 0 bridgehead atoms. The molecule has 0 aliphatic rings. The van der Waals surface area contributed by atoms with Gasteiger partial charge in [0.25, 0.3) is 0 Å². The van der Waals surface area contributed by atoms with Crippen LogP contribution >= 0.6 is 0 Å². The summed E-state index contributed by atoms with van der Waals surface area (Å²) in [5.41, 5.74) is 15.5. The van der Waals surface area contributed by atoms with Crippen molar-refractivity contribution in [2.24, 2.45) is 11.5 Å². The molecule has 154 valence electrons. The van der Waals surface area contributed by atoms with Crippen LogP contribution in [0.25, 0.3) is 21.8 Å². The molecule has 2 aromatic carbocycles. The average Bonchev–Trinajstić information content (AvgIpc) is 3.36. The predicted octanol–water partition coefficient (Wildman–Crippen LogP) is 2.09. The van der Waals surface area contributed by atoms with Crippen LogP contribution in [0, 0.1) is 0 Å². The van der Waals surface area contributed by atoms with E-state index < -0.39 is 24.0 Å². The molecule has 0 radical (unpaired) electrons. The molecule has 2 heterocycles. The normalized spacial score (nSPS) is 13.3. The van der Waals surface area contributed by atoms with Crippen molar-refractivity contribution in [3.63, 3.8) is 0 Å². The number of nitrogens with two attached hydrogens (primary N) is 2. The van der Waals surface area contributed by atoms with Crippen molar-refractivity contribution in [1.29, 1.82) is 0 Å². The number of aromatic amines is 2. The molecule has 0 unspecified atom stereocenters. The quantitative estimate of drug-likeness (QED) is 0.286. The number of aromatic nitrogens is 2. The Kier molecular flexibility index (Phi) is 5.51. The molecule has 6 N–H and O–H groups in total. The number of para-hydroxylation sites is 2. The number of carbonyl (C=O) groups is 2. The Balaban J connectivity index is 1.31. The molecule has 2 atom stereocenters. The van der Waals surface area contributed by atoms with Crippen LogP contribution in [0.2, 0.25) is 0 Å². The van der Waals surface area contributed by atoms with Gasteiger partial charge in [0.05, 0.1) is 0 Å². The van der Waals surface area contributed by atoms with Crippen LogP contribution in [0.3, 0.4) is 0 Å². The van der Waals surface area contributed by atoms with Gasteiger partial charge in [0.1, 0.15) is 12.1 Å². The van der Waals surface area contributed by atoms with Gasteiger partial charge in [-0.1, -0.05) is 36.4 Å². The first-order valence-corrected chi connectivity index (χ1v) is 9.56. The second-order valence-electron chi connectivity index (χ2n) is 7.14. The van der Waals surface area contributed by atoms with Gasteiger partial charge in [0.15, 0.2) is 0 Å². The summed E-state index contributed by atoms with van der Waals surface area (Å²) >= 11 is 0.